The summed E-state index contributed by atoms with van der Waals surface area (Å²) in [5.41, 5.74) is 2.09. The maximum absolute atomic E-state index is 9.82. The minimum absolute atomic E-state index is 0.250. The van der Waals surface area contributed by atoms with Crippen molar-refractivity contribution in [2.45, 2.75) is 25.8 Å². The molecule has 1 aliphatic rings. The highest BCUT2D eigenvalue weighted by Gasteiger charge is 2.21. The molecule has 1 aromatic carbocycles. The quantitative estimate of drug-likeness (QED) is 0.881. The minimum Gasteiger partial charge on any atom is -0.508 e. The fraction of sp³-hybridized carbons (Fsp3) is 0.400. The van der Waals surface area contributed by atoms with E-state index in [0.717, 1.165) is 30.8 Å². The van der Waals surface area contributed by atoms with Gasteiger partial charge in [-0.2, -0.15) is 0 Å². The van der Waals surface area contributed by atoms with Gasteiger partial charge in [0.1, 0.15) is 11.6 Å². The first-order valence-corrected chi connectivity index (χ1v) is 6.69. The average Bonchev–Trinajstić information content (AvgIpc) is 2.83. The van der Waals surface area contributed by atoms with E-state index in [0.29, 0.717) is 18.1 Å². The highest BCUT2D eigenvalue weighted by molar-refractivity contribution is 5.34. The maximum atomic E-state index is 9.82. The third-order valence-electron chi connectivity index (χ3n) is 3.88. The zero-order valence-corrected chi connectivity index (χ0v) is 10.8. The molecular formula is C15H18N2O2. The lowest BCUT2D eigenvalue weighted by atomic mass is 9.97. The van der Waals surface area contributed by atoms with Crippen molar-refractivity contribution >= 4 is 0 Å². The molecule has 0 bridgehead atoms. The number of aliphatic hydroxyl groups is 1. The fourth-order valence-corrected chi connectivity index (χ4v) is 2.73. The fourth-order valence-electron chi connectivity index (χ4n) is 2.73. The van der Waals surface area contributed by atoms with E-state index in [1.54, 1.807) is 6.07 Å². The first-order chi connectivity index (χ1) is 9.28. The van der Waals surface area contributed by atoms with Gasteiger partial charge in [0.05, 0.1) is 0 Å². The molecular weight excluding hydrogens is 240 g/mol. The molecule has 4 nitrogen and oxygen atoms in total. The highest BCUT2D eigenvalue weighted by atomic mass is 16.3. The summed E-state index contributed by atoms with van der Waals surface area (Å²) >= 11 is 0. The van der Waals surface area contributed by atoms with Crippen molar-refractivity contribution in [1.82, 2.24) is 9.55 Å². The molecule has 2 heterocycles. The van der Waals surface area contributed by atoms with Crippen LogP contribution in [0, 0.1) is 5.92 Å². The predicted molar refractivity (Wildman–Crippen MR) is 72.0 cm³/mol. The van der Waals surface area contributed by atoms with Crippen molar-refractivity contribution in [1.29, 1.82) is 0 Å². The van der Waals surface area contributed by atoms with E-state index in [1.807, 2.05) is 24.4 Å². The number of nitrogens with zero attached hydrogens (tertiary/aromatic N) is 2. The Kier molecular flexibility index (Phi) is 3.25. The number of phenols is 1. The van der Waals surface area contributed by atoms with Gasteiger partial charge >= 0.3 is 0 Å². The number of aromatic hydroxyl groups is 1. The van der Waals surface area contributed by atoms with Gasteiger partial charge in [-0.15, -0.1) is 0 Å². The molecule has 0 saturated carbocycles. The summed E-state index contributed by atoms with van der Waals surface area (Å²) in [6, 6.07) is 7.39. The molecule has 1 aromatic heterocycles. The van der Waals surface area contributed by atoms with Gasteiger partial charge in [0.2, 0.25) is 0 Å². The Balaban J connectivity index is 1.84. The number of aliphatic hydroxyl groups excluding tert-OH is 1. The zero-order chi connectivity index (χ0) is 13.2. The van der Waals surface area contributed by atoms with Crippen LogP contribution in [0.2, 0.25) is 0 Å². The summed E-state index contributed by atoms with van der Waals surface area (Å²) < 4.78 is 2.22. The second kappa shape index (κ2) is 5.05. The van der Waals surface area contributed by atoms with Gasteiger partial charge in [-0.3, -0.25) is 0 Å². The van der Waals surface area contributed by atoms with Crippen LogP contribution in [0.5, 0.6) is 5.75 Å². The van der Waals surface area contributed by atoms with Crippen LogP contribution in [0.25, 0.3) is 0 Å². The number of para-hydroxylation sites is 1. The summed E-state index contributed by atoms with van der Waals surface area (Å²) in [5, 5.41) is 19.1. The SMILES string of the molecule is OCC1CCn2c(cnc2Cc2ccccc2O)C1. The lowest BCUT2D eigenvalue weighted by molar-refractivity contribution is 0.200. The summed E-state index contributed by atoms with van der Waals surface area (Å²) in [5.74, 6) is 1.68. The normalized spacial score (nSPS) is 18.3. The van der Waals surface area contributed by atoms with Gasteiger partial charge in [-0.1, -0.05) is 18.2 Å². The molecule has 19 heavy (non-hydrogen) atoms. The van der Waals surface area contributed by atoms with E-state index in [9.17, 15) is 10.2 Å². The first-order valence-electron chi connectivity index (χ1n) is 6.69. The van der Waals surface area contributed by atoms with Crippen molar-refractivity contribution < 1.29 is 10.2 Å². The molecule has 2 N–H and O–H groups in total. The van der Waals surface area contributed by atoms with Gasteiger partial charge in [0.15, 0.2) is 0 Å². The summed E-state index contributed by atoms with van der Waals surface area (Å²) in [7, 11) is 0. The van der Waals surface area contributed by atoms with E-state index in [-0.39, 0.29) is 6.61 Å². The van der Waals surface area contributed by atoms with Crippen molar-refractivity contribution in [3.8, 4) is 5.75 Å². The molecule has 3 rings (SSSR count). The number of benzene rings is 1. The van der Waals surface area contributed by atoms with Gasteiger partial charge < -0.3 is 14.8 Å². The number of phenolic OH excluding ortho intramolecular Hbond substituents is 1. The number of imidazole rings is 1. The molecule has 0 fully saturated rings. The molecule has 0 spiro atoms. The Bertz CT molecular complexity index is 577. The molecule has 0 radical (unpaired) electrons. The van der Waals surface area contributed by atoms with Gasteiger partial charge in [-0.05, 0) is 24.8 Å². The maximum Gasteiger partial charge on any atom is 0.119 e. The van der Waals surface area contributed by atoms with Gasteiger partial charge in [0.25, 0.3) is 0 Å². The number of hydrogen-bond acceptors (Lipinski definition) is 3. The monoisotopic (exact) mass is 258 g/mol. The molecule has 0 amide bonds. The van der Waals surface area contributed by atoms with Crippen LogP contribution in [0.15, 0.2) is 30.5 Å². The zero-order valence-electron chi connectivity index (χ0n) is 10.8. The summed E-state index contributed by atoms with van der Waals surface area (Å²) in [6.07, 6.45) is 4.44. The van der Waals surface area contributed by atoms with Crippen molar-refractivity contribution in [3.05, 3.63) is 47.5 Å². The Labute approximate surface area is 112 Å². The van der Waals surface area contributed by atoms with E-state index >= 15 is 0 Å². The molecule has 1 atom stereocenters. The molecule has 4 heteroatoms. The standard InChI is InChI=1S/C15H18N2O2/c18-10-11-5-6-17-13(7-11)9-16-15(17)8-12-3-1-2-4-14(12)19/h1-4,9,11,18-19H,5-8,10H2. The average molecular weight is 258 g/mol. The Morgan fingerprint density at radius 2 is 2.16 bits per heavy atom. The van der Waals surface area contributed by atoms with E-state index in [2.05, 4.69) is 9.55 Å². The Hall–Kier alpha value is -1.81. The molecule has 0 aliphatic carbocycles. The number of aromatic nitrogens is 2. The summed E-state index contributed by atoms with van der Waals surface area (Å²) in [4.78, 5) is 4.47. The third kappa shape index (κ3) is 2.36. The Morgan fingerprint density at radius 1 is 1.32 bits per heavy atom. The van der Waals surface area contributed by atoms with Crippen LogP contribution >= 0.6 is 0 Å². The predicted octanol–water partition coefficient (Wildman–Crippen LogP) is 1.73. The third-order valence-corrected chi connectivity index (χ3v) is 3.88. The molecule has 2 aromatic rings. The van der Waals surface area contributed by atoms with Crippen LogP contribution in [-0.4, -0.2) is 26.4 Å². The first kappa shape index (κ1) is 12.2. The second-order valence-electron chi connectivity index (χ2n) is 5.16. The largest absolute Gasteiger partial charge is 0.508 e. The molecule has 100 valence electrons. The van der Waals surface area contributed by atoms with E-state index < -0.39 is 0 Å². The number of hydrogen-bond donors (Lipinski definition) is 2. The highest BCUT2D eigenvalue weighted by Crippen LogP contribution is 2.24. The van der Waals surface area contributed by atoms with Crippen LogP contribution in [0.4, 0.5) is 0 Å². The lowest BCUT2D eigenvalue weighted by Crippen LogP contribution is -2.22. The van der Waals surface area contributed by atoms with Crippen LogP contribution in [0.3, 0.4) is 0 Å². The van der Waals surface area contributed by atoms with Gasteiger partial charge in [-0.25, -0.2) is 4.98 Å². The van der Waals surface area contributed by atoms with Crippen molar-refractivity contribution in [2.24, 2.45) is 5.92 Å². The van der Waals surface area contributed by atoms with E-state index in [4.69, 9.17) is 0 Å². The van der Waals surface area contributed by atoms with Crippen LogP contribution in [0.1, 0.15) is 23.5 Å². The lowest BCUT2D eigenvalue weighted by Gasteiger charge is -2.23. The number of rotatable bonds is 3. The molecule has 1 unspecified atom stereocenters. The van der Waals surface area contributed by atoms with Crippen LogP contribution < -0.4 is 0 Å². The second-order valence-corrected chi connectivity index (χ2v) is 5.16. The smallest absolute Gasteiger partial charge is 0.119 e. The summed E-state index contributed by atoms with van der Waals surface area (Å²) in [6.45, 7) is 1.16. The Morgan fingerprint density at radius 3 is 2.95 bits per heavy atom. The van der Waals surface area contributed by atoms with Crippen LogP contribution in [-0.2, 0) is 19.4 Å². The van der Waals surface area contributed by atoms with Gasteiger partial charge in [0, 0.05) is 37.0 Å². The van der Waals surface area contributed by atoms with Crippen molar-refractivity contribution in [2.75, 3.05) is 6.61 Å². The number of fused-ring (bicyclic) bond motifs is 1. The van der Waals surface area contributed by atoms with Crippen molar-refractivity contribution in [3.63, 3.8) is 0 Å². The molecule has 1 aliphatic heterocycles. The van der Waals surface area contributed by atoms with E-state index in [1.165, 1.54) is 5.69 Å². The minimum atomic E-state index is 0.250. The molecule has 0 saturated heterocycles. The topological polar surface area (TPSA) is 58.3 Å².